The summed E-state index contributed by atoms with van der Waals surface area (Å²) in [6.07, 6.45) is 0. The minimum atomic E-state index is -0.182. The Morgan fingerprint density at radius 3 is 2.48 bits per heavy atom. The zero-order valence-corrected chi connectivity index (χ0v) is 12.5. The highest BCUT2D eigenvalue weighted by atomic mass is 16.5. The van der Waals surface area contributed by atoms with Gasteiger partial charge in [0.25, 0.3) is 11.6 Å². The number of aromatic nitrogens is 2. The van der Waals surface area contributed by atoms with Gasteiger partial charge in [0.05, 0.1) is 26.5 Å². The fourth-order valence-electron chi connectivity index (χ4n) is 1.92. The summed E-state index contributed by atoms with van der Waals surface area (Å²) in [5.41, 5.74) is 1.10. The lowest BCUT2D eigenvalue weighted by molar-refractivity contribution is 0.296. The number of hydrogen-bond acceptors (Lipinski definition) is 5. The zero-order chi connectivity index (χ0) is 15.4. The van der Waals surface area contributed by atoms with E-state index in [1.165, 1.54) is 10.6 Å². The van der Waals surface area contributed by atoms with Crippen molar-refractivity contribution in [3.63, 3.8) is 0 Å². The SMILES string of the molecule is CCOc1nc(-c2ccc(OC)c(OC)c2)cc(=O)n1C. The third kappa shape index (κ3) is 2.99. The van der Waals surface area contributed by atoms with E-state index in [-0.39, 0.29) is 11.6 Å². The van der Waals surface area contributed by atoms with Gasteiger partial charge in [0.2, 0.25) is 0 Å². The average molecular weight is 290 g/mol. The summed E-state index contributed by atoms with van der Waals surface area (Å²) in [5, 5.41) is 0. The van der Waals surface area contributed by atoms with Gasteiger partial charge in [0, 0.05) is 18.7 Å². The van der Waals surface area contributed by atoms with E-state index in [1.807, 2.05) is 13.0 Å². The fraction of sp³-hybridized carbons (Fsp3) is 0.333. The molecule has 1 aromatic carbocycles. The van der Waals surface area contributed by atoms with Crippen molar-refractivity contribution in [3.8, 4) is 28.8 Å². The number of methoxy groups -OCH3 is 2. The van der Waals surface area contributed by atoms with Crippen LogP contribution in [0.1, 0.15) is 6.92 Å². The molecule has 0 amide bonds. The Morgan fingerprint density at radius 2 is 1.86 bits per heavy atom. The number of benzene rings is 1. The third-order valence-corrected chi connectivity index (χ3v) is 3.05. The van der Waals surface area contributed by atoms with Gasteiger partial charge >= 0.3 is 0 Å². The quantitative estimate of drug-likeness (QED) is 0.841. The molecule has 2 rings (SSSR count). The van der Waals surface area contributed by atoms with Crippen LogP contribution in [0, 0.1) is 0 Å². The van der Waals surface area contributed by atoms with Gasteiger partial charge in [0.1, 0.15) is 0 Å². The smallest absolute Gasteiger partial charge is 0.299 e. The summed E-state index contributed by atoms with van der Waals surface area (Å²) in [5.74, 6) is 1.20. The normalized spacial score (nSPS) is 10.3. The largest absolute Gasteiger partial charge is 0.493 e. The second-order valence-electron chi connectivity index (χ2n) is 4.32. The molecule has 6 heteroatoms. The monoisotopic (exact) mass is 290 g/mol. The highest BCUT2D eigenvalue weighted by molar-refractivity contribution is 5.64. The van der Waals surface area contributed by atoms with E-state index in [1.54, 1.807) is 33.4 Å². The molecule has 0 fully saturated rings. The Bertz CT molecular complexity index is 695. The molecular weight excluding hydrogens is 272 g/mol. The molecule has 0 saturated carbocycles. The van der Waals surface area contributed by atoms with Crippen molar-refractivity contribution < 1.29 is 14.2 Å². The van der Waals surface area contributed by atoms with Crippen LogP contribution in [0.2, 0.25) is 0 Å². The Balaban J connectivity index is 2.54. The molecule has 2 aromatic rings. The Morgan fingerprint density at radius 1 is 1.14 bits per heavy atom. The van der Waals surface area contributed by atoms with E-state index in [0.29, 0.717) is 23.8 Å². The molecule has 0 aliphatic carbocycles. The van der Waals surface area contributed by atoms with Crippen molar-refractivity contribution in [2.24, 2.45) is 7.05 Å². The first kappa shape index (κ1) is 14.9. The molecule has 112 valence electrons. The molecule has 0 unspecified atom stereocenters. The van der Waals surface area contributed by atoms with Gasteiger partial charge < -0.3 is 14.2 Å². The maximum Gasteiger partial charge on any atom is 0.299 e. The fourth-order valence-corrected chi connectivity index (χ4v) is 1.92. The summed E-state index contributed by atoms with van der Waals surface area (Å²) in [6, 6.07) is 7.11. The summed E-state index contributed by atoms with van der Waals surface area (Å²) in [7, 11) is 4.75. The number of ether oxygens (including phenoxy) is 3. The number of nitrogens with zero attached hydrogens (tertiary/aromatic N) is 2. The maximum atomic E-state index is 12.0. The Labute approximate surface area is 122 Å². The first-order valence-corrected chi connectivity index (χ1v) is 6.54. The number of hydrogen-bond donors (Lipinski definition) is 0. The van der Waals surface area contributed by atoms with Gasteiger partial charge in [-0.15, -0.1) is 0 Å². The van der Waals surface area contributed by atoms with Gasteiger partial charge in [0.15, 0.2) is 11.5 Å². The highest BCUT2D eigenvalue weighted by Gasteiger charge is 2.11. The van der Waals surface area contributed by atoms with E-state index in [9.17, 15) is 4.79 Å². The van der Waals surface area contributed by atoms with Gasteiger partial charge in [-0.3, -0.25) is 9.36 Å². The third-order valence-electron chi connectivity index (χ3n) is 3.05. The first-order chi connectivity index (χ1) is 10.1. The minimum Gasteiger partial charge on any atom is -0.493 e. The van der Waals surface area contributed by atoms with Gasteiger partial charge in [-0.25, -0.2) is 0 Å². The van der Waals surface area contributed by atoms with Crippen LogP contribution in [-0.4, -0.2) is 30.4 Å². The molecule has 0 N–H and O–H groups in total. The van der Waals surface area contributed by atoms with Crippen molar-refractivity contribution in [3.05, 3.63) is 34.6 Å². The molecule has 0 spiro atoms. The lowest BCUT2D eigenvalue weighted by Gasteiger charge is -2.11. The predicted molar refractivity (Wildman–Crippen MR) is 79.2 cm³/mol. The van der Waals surface area contributed by atoms with E-state index in [0.717, 1.165) is 5.56 Å². The van der Waals surface area contributed by atoms with Crippen LogP contribution in [0.3, 0.4) is 0 Å². The van der Waals surface area contributed by atoms with Crippen molar-refractivity contribution >= 4 is 0 Å². The van der Waals surface area contributed by atoms with Crippen LogP contribution in [0.15, 0.2) is 29.1 Å². The van der Waals surface area contributed by atoms with Crippen LogP contribution in [0.4, 0.5) is 0 Å². The van der Waals surface area contributed by atoms with E-state index in [4.69, 9.17) is 14.2 Å². The standard InChI is InChI=1S/C15H18N2O4/c1-5-21-15-16-11(9-14(18)17(15)2)10-6-7-12(19-3)13(8-10)20-4/h6-9H,5H2,1-4H3. The van der Waals surface area contributed by atoms with Crippen LogP contribution >= 0.6 is 0 Å². The maximum absolute atomic E-state index is 12.0. The lowest BCUT2D eigenvalue weighted by atomic mass is 10.1. The second-order valence-corrected chi connectivity index (χ2v) is 4.32. The van der Waals surface area contributed by atoms with Crippen molar-refractivity contribution in [2.45, 2.75) is 6.92 Å². The minimum absolute atomic E-state index is 0.182. The zero-order valence-electron chi connectivity index (χ0n) is 12.5. The van der Waals surface area contributed by atoms with E-state index >= 15 is 0 Å². The van der Waals surface area contributed by atoms with Crippen LogP contribution in [0.5, 0.6) is 17.5 Å². The van der Waals surface area contributed by atoms with Gasteiger partial charge in [-0.2, -0.15) is 4.98 Å². The molecule has 1 heterocycles. The molecule has 1 aromatic heterocycles. The molecule has 6 nitrogen and oxygen atoms in total. The lowest BCUT2D eigenvalue weighted by Crippen LogP contribution is -2.20. The van der Waals surface area contributed by atoms with Crippen molar-refractivity contribution in [1.29, 1.82) is 0 Å². The first-order valence-electron chi connectivity index (χ1n) is 6.54. The molecule has 0 saturated heterocycles. The Kier molecular flexibility index (Phi) is 4.47. The average Bonchev–Trinajstić information content (AvgIpc) is 2.51. The second kappa shape index (κ2) is 6.30. The molecule has 0 radical (unpaired) electrons. The summed E-state index contributed by atoms with van der Waals surface area (Å²) < 4.78 is 17.2. The molecule has 0 aliphatic rings. The Hall–Kier alpha value is -2.50. The molecular formula is C15H18N2O4. The highest BCUT2D eigenvalue weighted by Crippen LogP contribution is 2.31. The predicted octanol–water partition coefficient (Wildman–Crippen LogP) is 1.86. The van der Waals surface area contributed by atoms with Gasteiger partial charge in [-0.05, 0) is 25.1 Å². The van der Waals surface area contributed by atoms with Crippen LogP contribution in [-0.2, 0) is 7.05 Å². The molecule has 21 heavy (non-hydrogen) atoms. The van der Waals surface area contributed by atoms with E-state index < -0.39 is 0 Å². The molecule has 0 bridgehead atoms. The molecule has 0 atom stereocenters. The van der Waals surface area contributed by atoms with Crippen LogP contribution < -0.4 is 19.8 Å². The summed E-state index contributed by atoms with van der Waals surface area (Å²) in [6.45, 7) is 2.28. The van der Waals surface area contributed by atoms with E-state index in [2.05, 4.69) is 4.98 Å². The molecule has 0 aliphatic heterocycles. The van der Waals surface area contributed by atoms with Crippen LogP contribution in [0.25, 0.3) is 11.3 Å². The number of rotatable bonds is 5. The topological polar surface area (TPSA) is 62.6 Å². The van der Waals surface area contributed by atoms with Crippen molar-refractivity contribution in [2.75, 3.05) is 20.8 Å². The summed E-state index contributed by atoms with van der Waals surface area (Å²) in [4.78, 5) is 16.3. The van der Waals surface area contributed by atoms with Crippen molar-refractivity contribution in [1.82, 2.24) is 9.55 Å². The van der Waals surface area contributed by atoms with Gasteiger partial charge in [-0.1, -0.05) is 0 Å². The summed E-state index contributed by atoms with van der Waals surface area (Å²) >= 11 is 0.